The third kappa shape index (κ3) is 3.37. The molecule has 7 heteroatoms. The Kier molecular flexibility index (Phi) is 4.93. The number of carbonyl (C=O) groups is 1. The van der Waals surface area contributed by atoms with Gasteiger partial charge in [-0.3, -0.25) is 14.6 Å². The van der Waals surface area contributed by atoms with Crippen LogP contribution in [0.25, 0.3) is 23.4 Å². The van der Waals surface area contributed by atoms with Crippen molar-refractivity contribution < 1.29 is 14.6 Å². The van der Waals surface area contributed by atoms with E-state index in [4.69, 9.17) is 4.74 Å². The van der Waals surface area contributed by atoms with Gasteiger partial charge in [0.05, 0.1) is 12.3 Å². The summed E-state index contributed by atoms with van der Waals surface area (Å²) in [6, 6.07) is 13.7. The van der Waals surface area contributed by atoms with Crippen LogP contribution >= 0.6 is 0 Å². The fourth-order valence-corrected chi connectivity index (χ4v) is 3.34. The number of nitrogens with one attached hydrogen (secondary N) is 1. The number of ether oxygens (including phenoxy) is 1. The summed E-state index contributed by atoms with van der Waals surface area (Å²) in [6.45, 7) is 2.34. The summed E-state index contributed by atoms with van der Waals surface area (Å²) >= 11 is 0. The molecule has 0 radical (unpaired) electrons. The average Bonchev–Trinajstić information content (AvgIpc) is 2.73. The van der Waals surface area contributed by atoms with Crippen LogP contribution in [0.4, 0.5) is 0 Å². The van der Waals surface area contributed by atoms with E-state index in [1.165, 1.54) is 12.2 Å². The van der Waals surface area contributed by atoms with E-state index in [0.29, 0.717) is 23.6 Å². The molecule has 0 spiro atoms. The number of fused-ring (bicyclic) bond motifs is 1. The highest BCUT2D eigenvalue weighted by Gasteiger charge is 2.20. The Hall–Kier alpha value is -4.13. The Morgan fingerprint density at radius 2 is 1.77 bits per heavy atom. The minimum atomic E-state index is -0.793. The number of allylic oxidation sites excluding steroid dienone is 2. The Morgan fingerprint density at radius 1 is 1.03 bits per heavy atom. The van der Waals surface area contributed by atoms with E-state index in [2.05, 4.69) is 4.98 Å². The van der Waals surface area contributed by atoms with Gasteiger partial charge in [0.25, 0.3) is 5.56 Å². The van der Waals surface area contributed by atoms with E-state index < -0.39 is 17.1 Å². The smallest absolute Gasteiger partial charge is 0.335 e. The standard InChI is InChI=1S/C23H18N2O5/c1-2-30-16-10-8-15(9-11-16)25-22(28)19(21(27)24-23(25)29)13-18-17-6-4-3-5-14(17)7-12-20(18)26/h3-13,28H,2H2,1H3,(H,24,27,29)/b18-13+. The SMILES string of the molecule is CCOc1ccc(-n2c(O)c(/C=C3/C(=O)C=Cc4ccccc43)c(=O)[nH]c2=O)cc1. The van der Waals surface area contributed by atoms with Crippen LogP contribution in [0.1, 0.15) is 23.6 Å². The summed E-state index contributed by atoms with van der Waals surface area (Å²) in [7, 11) is 0. The quantitative estimate of drug-likeness (QED) is 0.654. The molecule has 0 saturated heterocycles. The van der Waals surface area contributed by atoms with Crippen molar-refractivity contribution in [1.82, 2.24) is 9.55 Å². The van der Waals surface area contributed by atoms with E-state index in [9.17, 15) is 19.5 Å². The van der Waals surface area contributed by atoms with Gasteiger partial charge in [-0.05, 0) is 54.5 Å². The molecule has 150 valence electrons. The summed E-state index contributed by atoms with van der Waals surface area (Å²) in [5.41, 5.74) is 0.294. The number of nitrogens with zero attached hydrogens (tertiary/aromatic N) is 1. The Bertz CT molecular complexity index is 1310. The highest BCUT2D eigenvalue weighted by Crippen LogP contribution is 2.29. The van der Waals surface area contributed by atoms with Crippen molar-refractivity contribution in [3.05, 3.63) is 92.1 Å². The van der Waals surface area contributed by atoms with Gasteiger partial charge < -0.3 is 9.84 Å². The molecular formula is C23H18N2O5. The zero-order valence-electron chi connectivity index (χ0n) is 16.1. The lowest BCUT2D eigenvalue weighted by atomic mass is 9.90. The second-order valence-electron chi connectivity index (χ2n) is 6.60. The molecule has 30 heavy (non-hydrogen) atoms. The number of aromatic amines is 1. The first-order valence-electron chi connectivity index (χ1n) is 9.34. The van der Waals surface area contributed by atoms with Gasteiger partial charge in [0.2, 0.25) is 5.88 Å². The third-order valence-corrected chi connectivity index (χ3v) is 4.75. The number of ketones is 1. The molecule has 3 aromatic rings. The number of carbonyl (C=O) groups excluding carboxylic acids is 1. The molecule has 7 nitrogen and oxygen atoms in total. The molecule has 0 amide bonds. The Morgan fingerprint density at radius 3 is 2.50 bits per heavy atom. The lowest BCUT2D eigenvalue weighted by Crippen LogP contribution is -2.30. The van der Waals surface area contributed by atoms with Gasteiger partial charge in [-0.1, -0.05) is 30.3 Å². The number of aromatic nitrogens is 2. The van der Waals surface area contributed by atoms with Gasteiger partial charge in [-0.15, -0.1) is 0 Å². The molecule has 0 atom stereocenters. The zero-order valence-corrected chi connectivity index (χ0v) is 16.1. The highest BCUT2D eigenvalue weighted by molar-refractivity contribution is 6.33. The number of benzene rings is 2. The second kappa shape index (κ2) is 7.71. The lowest BCUT2D eigenvalue weighted by molar-refractivity contribution is -0.109. The fraction of sp³-hybridized carbons (Fsp3) is 0.0870. The van der Waals surface area contributed by atoms with Crippen LogP contribution < -0.4 is 16.0 Å². The molecule has 1 aliphatic rings. The Balaban J connectivity index is 1.88. The van der Waals surface area contributed by atoms with Crippen molar-refractivity contribution in [2.24, 2.45) is 0 Å². The summed E-state index contributed by atoms with van der Waals surface area (Å²) in [5.74, 6) is -0.247. The molecule has 1 aliphatic carbocycles. The van der Waals surface area contributed by atoms with Crippen molar-refractivity contribution >= 4 is 23.5 Å². The molecule has 0 unspecified atom stereocenters. The maximum Gasteiger partial charge on any atom is 0.335 e. The molecule has 0 fully saturated rings. The largest absolute Gasteiger partial charge is 0.494 e. The Labute approximate surface area is 171 Å². The maximum absolute atomic E-state index is 12.5. The van der Waals surface area contributed by atoms with Crippen LogP contribution in [0.3, 0.4) is 0 Å². The third-order valence-electron chi connectivity index (χ3n) is 4.75. The van der Waals surface area contributed by atoms with Crippen molar-refractivity contribution in [2.45, 2.75) is 6.92 Å². The second-order valence-corrected chi connectivity index (χ2v) is 6.60. The molecule has 4 rings (SSSR count). The number of hydrogen-bond donors (Lipinski definition) is 2. The first-order chi connectivity index (χ1) is 14.5. The van der Waals surface area contributed by atoms with E-state index in [-0.39, 0.29) is 16.9 Å². The monoisotopic (exact) mass is 402 g/mol. The molecule has 2 aromatic carbocycles. The topological polar surface area (TPSA) is 101 Å². The van der Waals surface area contributed by atoms with Gasteiger partial charge in [0.15, 0.2) is 5.78 Å². The van der Waals surface area contributed by atoms with Crippen LogP contribution in [0.5, 0.6) is 11.6 Å². The molecule has 2 N–H and O–H groups in total. The van der Waals surface area contributed by atoms with Crippen molar-refractivity contribution in [2.75, 3.05) is 6.61 Å². The van der Waals surface area contributed by atoms with Gasteiger partial charge in [-0.25, -0.2) is 9.36 Å². The van der Waals surface area contributed by atoms with E-state index in [0.717, 1.165) is 10.1 Å². The van der Waals surface area contributed by atoms with Crippen LogP contribution in [-0.2, 0) is 4.79 Å². The molecule has 0 saturated carbocycles. The fourth-order valence-electron chi connectivity index (χ4n) is 3.34. The highest BCUT2D eigenvalue weighted by atomic mass is 16.5. The predicted octanol–water partition coefficient (Wildman–Crippen LogP) is 2.77. The van der Waals surface area contributed by atoms with Gasteiger partial charge in [0, 0.05) is 5.57 Å². The molecule has 1 aromatic heterocycles. The number of rotatable bonds is 4. The van der Waals surface area contributed by atoms with E-state index >= 15 is 0 Å². The predicted molar refractivity (Wildman–Crippen MR) is 114 cm³/mol. The van der Waals surface area contributed by atoms with Gasteiger partial charge in [-0.2, -0.15) is 0 Å². The minimum Gasteiger partial charge on any atom is -0.494 e. The summed E-state index contributed by atoms with van der Waals surface area (Å²) in [4.78, 5) is 39.5. The number of hydrogen-bond acceptors (Lipinski definition) is 5. The summed E-state index contributed by atoms with van der Waals surface area (Å²) in [6.07, 6.45) is 4.41. The van der Waals surface area contributed by atoms with Crippen LogP contribution in [0, 0.1) is 0 Å². The number of aromatic hydroxyl groups is 1. The van der Waals surface area contributed by atoms with Crippen molar-refractivity contribution in [1.29, 1.82) is 0 Å². The normalized spacial score (nSPS) is 14.0. The lowest BCUT2D eigenvalue weighted by Gasteiger charge is -2.14. The molecule has 1 heterocycles. The summed E-state index contributed by atoms with van der Waals surface area (Å²) < 4.78 is 6.36. The van der Waals surface area contributed by atoms with E-state index in [1.807, 2.05) is 19.1 Å². The van der Waals surface area contributed by atoms with Gasteiger partial charge >= 0.3 is 5.69 Å². The maximum atomic E-state index is 12.5. The minimum absolute atomic E-state index is 0.183. The summed E-state index contributed by atoms with van der Waals surface area (Å²) in [5, 5.41) is 10.8. The number of H-pyrrole nitrogens is 1. The zero-order chi connectivity index (χ0) is 21.3. The van der Waals surface area contributed by atoms with Gasteiger partial charge in [0.1, 0.15) is 11.3 Å². The molecule has 0 bridgehead atoms. The average molecular weight is 402 g/mol. The van der Waals surface area contributed by atoms with Crippen molar-refractivity contribution in [3.8, 4) is 17.3 Å². The molecule has 0 aliphatic heterocycles. The van der Waals surface area contributed by atoms with Crippen LogP contribution in [0.2, 0.25) is 0 Å². The first-order valence-corrected chi connectivity index (χ1v) is 9.34. The van der Waals surface area contributed by atoms with Crippen LogP contribution in [-0.4, -0.2) is 27.0 Å². The first kappa shape index (κ1) is 19.2. The van der Waals surface area contributed by atoms with Crippen LogP contribution in [0.15, 0.2) is 64.2 Å². The van der Waals surface area contributed by atoms with E-state index in [1.54, 1.807) is 42.5 Å². The molecular weight excluding hydrogens is 384 g/mol. The van der Waals surface area contributed by atoms with Crippen molar-refractivity contribution in [3.63, 3.8) is 0 Å².